The number of nitrogens with one attached hydrogen (secondary N) is 1. The van der Waals surface area contributed by atoms with Gasteiger partial charge in [0, 0.05) is 36.9 Å². The van der Waals surface area contributed by atoms with E-state index in [1.165, 1.54) is 0 Å². The number of carbonyl (C=O) groups is 1. The number of hydrogen-bond acceptors (Lipinski definition) is 5. The van der Waals surface area contributed by atoms with Crippen LogP contribution in [0.5, 0.6) is 11.5 Å². The maximum Gasteiger partial charge on any atom is 0.321 e. The summed E-state index contributed by atoms with van der Waals surface area (Å²) < 4.78 is 10.7. The number of urea groups is 1. The number of carbonyl (C=O) groups excluding carboxylic acids is 1. The summed E-state index contributed by atoms with van der Waals surface area (Å²) in [7, 11) is 0. The van der Waals surface area contributed by atoms with Gasteiger partial charge in [-0.25, -0.2) is 4.79 Å². The fraction of sp³-hybridized carbons (Fsp3) is 0.300. The Balaban J connectivity index is 1.36. The molecule has 0 spiro atoms. The predicted molar refractivity (Wildman–Crippen MR) is 105 cm³/mol. The third kappa shape index (κ3) is 3.84. The Morgan fingerprint density at radius 2 is 1.79 bits per heavy atom. The van der Waals surface area contributed by atoms with Crippen LogP contribution in [-0.4, -0.2) is 48.8 Å². The number of anilines is 1. The minimum absolute atomic E-state index is 0.154. The Labute approximate surface area is 168 Å². The first-order chi connectivity index (χ1) is 13.6. The minimum atomic E-state index is -0.393. The van der Waals surface area contributed by atoms with E-state index in [0.717, 1.165) is 5.56 Å². The summed E-state index contributed by atoms with van der Waals surface area (Å²) in [4.78, 5) is 16.3. The van der Waals surface area contributed by atoms with Crippen LogP contribution in [-0.2, 0) is 0 Å². The smallest absolute Gasteiger partial charge is 0.321 e. The molecule has 0 radical (unpaired) electrons. The Hall–Kier alpha value is -2.95. The first-order valence-corrected chi connectivity index (χ1v) is 9.36. The normalized spacial score (nSPS) is 17.1. The summed E-state index contributed by atoms with van der Waals surface area (Å²) in [5, 5.41) is 13.2. The van der Waals surface area contributed by atoms with Crippen LogP contribution in [0.3, 0.4) is 0 Å². The zero-order valence-corrected chi connectivity index (χ0v) is 15.9. The lowest BCUT2D eigenvalue weighted by Gasteiger charge is -2.37. The number of hydrogen-bond donors (Lipinski definition) is 1. The lowest BCUT2D eigenvalue weighted by atomic mass is 10.0. The van der Waals surface area contributed by atoms with Gasteiger partial charge in [-0.2, -0.15) is 5.26 Å². The summed E-state index contributed by atoms with van der Waals surface area (Å²) in [6.45, 7) is 2.52. The van der Waals surface area contributed by atoms with Crippen LogP contribution in [0.1, 0.15) is 11.6 Å². The van der Waals surface area contributed by atoms with Crippen LogP contribution in [0.2, 0.25) is 5.02 Å². The van der Waals surface area contributed by atoms with E-state index in [9.17, 15) is 10.1 Å². The van der Waals surface area contributed by atoms with Crippen LogP contribution in [0.4, 0.5) is 10.5 Å². The molecule has 2 heterocycles. The van der Waals surface area contributed by atoms with E-state index in [4.69, 9.17) is 21.1 Å². The molecule has 1 unspecified atom stereocenters. The van der Waals surface area contributed by atoms with Gasteiger partial charge in [0.05, 0.1) is 6.07 Å². The molecule has 0 saturated carbocycles. The summed E-state index contributed by atoms with van der Waals surface area (Å²) in [6, 6.07) is 14.4. The van der Waals surface area contributed by atoms with Gasteiger partial charge >= 0.3 is 6.03 Å². The van der Waals surface area contributed by atoms with Crippen molar-refractivity contribution in [3.63, 3.8) is 0 Å². The monoisotopic (exact) mass is 398 g/mol. The molecule has 0 aliphatic carbocycles. The standard InChI is InChI=1S/C20H19ClN4O3/c21-15-2-4-16(5-3-15)23-20(26)25-9-7-24(8-10-25)17(12-22)14-1-6-18-19(11-14)28-13-27-18/h1-6,11,17H,7-10,13H2,(H,23,26). The number of benzene rings is 2. The second-order valence-corrected chi connectivity index (χ2v) is 7.04. The number of ether oxygens (including phenoxy) is 2. The highest BCUT2D eigenvalue weighted by atomic mass is 35.5. The highest BCUT2D eigenvalue weighted by Crippen LogP contribution is 2.35. The summed E-state index contributed by atoms with van der Waals surface area (Å²) in [5.74, 6) is 1.36. The quantitative estimate of drug-likeness (QED) is 0.856. The van der Waals surface area contributed by atoms with Crippen molar-refractivity contribution < 1.29 is 14.3 Å². The van der Waals surface area contributed by atoms with Gasteiger partial charge in [-0.05, 0) is 42.0 Å². The zero-order chi connectivity index (χ0) is 19.5. The number of halogens is 1. The molecule has 1 atom stereocenters. The number of fused-ring (bicyclic) bond motifs is 1. The Bertz CT molecular complexity index is 905. The van der Waals surface area contributed by atoms with Crippen molar-refractivity contribution in [3.05, 3.63) is 53.1 Å². The maximum atomic E-state index is 12.5. The van der Waals surface area contributed by atoms with Crippen LogP contribution < -0.4 is 14.8 Å². The summed E-state index contributed by atoms with van der Waals surface area (Å²) in [6.07, 6.45) is 0. The Kier molecular flexibility index (Phi) is 5.24. The van der Waals surface area contributed by atoms with E-state index < -0.39 is 6.04 Å². The molecule has 0 bridgehead atoms. The lowest BCUT2D eigenvalue weighted by Crippen LogP contribution is -2.50. The van der Waals surface area contributed by atoms with Gasteiger partial charge in [0.2, 0.25) is 6.79 Å². The summed E-state index contributed by atoms with van der Waals surface area (Å²) in [5.41, 5.74) is 1.57. The molecule has 144 valence electrons. The molecule has 2 aromatic carbocycles. The molecule has 0 aromatic heterocycles. The number of amides is 2. The van der Waals surface area contributed by atoms with Gasteiger partial charge in [0.1, 0.15) is 6.04 Å². The first-order valence-electron chi connectivity index (χ1n) is 8.99. The Morgan fingerprint density at radius 3 is 2.50 bits per heavy atom. The molecule has 28 heavy (non-hydrogen) atoms. The summed E-state index contributed by atoms with van der Waals surface area (Å²) >= 11 is 5.87. The first kappa shape index (κ1) is 18.4. The van der Waals surface area contributed by atoms with Crippen molar-refractivity contribution in [3.8, 4) is 17.6 Å². The highest BCUT2D eigenvalue weighted by Gasteiger charge is 2.28. The number of nitriles is 1. The van der Waals surface area contributed by atoms with Gasteiger partial charge in [0.15, 0.2) is 11.5 Å². The average Bonchev–Trinajstić information content (AvgIpc) is 3.19. The van der Waals surface area contributed by atoms with E-state index in [-0.39, 0.29) is 12.8 Å². The maximum absolute atomic E-state index is 12.5. The van der Waals surface area contributed by atoms with Crippen LogP contribution in [0.25, 0.3) is 0 Å². The third-order valence-corrected chi connectivity index (χ3v) is 5.15. The van der Waals surface area contributed by atoms with Crippen LogP contribution in [0.15, 0.2) is 42.5 Å². The molecule has 2 aromatic rings. The van der Waals surface area contributed by atoms with Crippen LogP contribution in [0, 0.1) is 11.3 Å². The van der Waals surface area contributed by atoms with E-state index in [2.05, 4.69) is 16.3 Å². The van der Waals surface area contributed by atoms with Crippen molar-refractivity contribution in [2.24, 2.45) is 0 Å². The molecule has 1 N–H and O–H groups in total. The van der Waals surface area contributed by atoms with E-state index in [1.54, 1.807) is 29.2 Å². The van der Waals surface area contributed by atoms with Crippen molar-refractivity contribution in [1.29, 1.82) is 5.26 Å². The topological polar surface area (TPSA) is 77.8 Å². The molecule has 2 aliphatic rings. The fourth-order valence-corrected chi connectivity index (χ4v) is 3.50. The van der Waals surface area contributed by atoms with Gasteiger partial charge in [-0.15, -0.1) is 0 Å². The van der Waals surface area contributed by atoms with Gasteiger partial charge < -0.3 is 19.7 Å². The molecule has 7 nitrogen and oxygen atoms in total. The average molecular weight is 399 g/mol. The molecular formula is C20H19ClN4O3. The van der Waals surface area contributed by atoms with Crippen LogP contribution >= 0.6 is 11.6 Å². The van der Waals surface area contributed by atoms with E-state index >= 15 is 0 Å². The number of piperazine rings is 1. The minimum Gasteiger partial charge on any atom is -0.454 e. The molecule has 1 fully saturated rings. The zero-order valence-electron chi connectivity index (χ0n) is 15.1. The van der Waals surface area contributed by atoms with Gasteiger partial charge in [-0.3, -0.25) is 4.90 Å². The van der Waals surface area contributed by atoms with Crippen molar-refractivity contribution in [1.82, 2.24) is 9.80 Å². The molecule has 2 aliphatic heterocycles. The fourth-order valence-electron chi connectivity index (χ4n) is 3.37. The molecular weight excluding hydrogens is 380 g/mol. The number of rotatable bonds is 3. The molecule has 2 amide bonds. The number of nitrogens with zero attached hydrogens (tertiary/aromatic N) is 3. The SMILES string of the molecule is N#CC(c1ccc2c(c1)OCO2)N1CCN(C(=O)Nc2ccc(Cl)cc2)CC1. The third-order valence-electron chi connectivity index (χ3n) is 4.90. The van der Waals surface area contributed by atoms with Gasteiger partial charge in [-0.1, -0.05) is 17.7 Å². The second kappa shape index (κ2) is 7.97. The van der Waals surface area contributed by atoms with Gasteiger partial charge in [0.25, 0.3) is 0 Å². The molecule has 4 rings (SSSR count). The highest BCUT2D eigenvalue weighted by molar-refractivity contribution is 6.30. The predicted octanol–water partition coefficient (Wildman–Crippen LogP) is 3.48. The van der Waals surface area contributed by atoms with Crippen molar-refractivity contribution >= 4 is 23.3 Å². The lowest BCUT2D eigenvalue weighted by molar-refractivity contribution is 0.131. The van der Waals surface area contributed by atoms with Crippen molar-refractivity contribution in [2.45, 2.75) is 6.04 Å². The van der Waals surface area contributed by atoms with E-state index in [1.807, 2.05) is 18.2 Å². The van der Waals surface area contributed by atoms with Crippen molar-refractivity contribution in [2.75, 3.05) is 38.3 Å². The largest absolute Gasteiger partial charge is 0.454 e. The van der Waals surface area contributed by atoms with E-state index in [0.29, 0.717) is 48.4 Å². The molecule has 8 heteroatoms. The molecule has 1 saturated heterocycles. The Morgan fingerprint density at radius 1 is 1.07 bits per heavy atom. The second-order valence-electron chi connectivity index (χ2n) is 6.60.